The summed E-state index contributed by atoms with van der Waals surface area (Å²) >= 11 is 0. The number of aliphatic hydroxyl groups excluding tert-OH is 1. The van der Waals surface area contributed by atoms with Gasteiger partial charge in [-0.3, -0.25) is 4.98 Å². The zero-order valence-corrected chi connectivity index (χ0v) is 12.0. The summed E-state index contributed by atoms with van der Waals surface area (Å²) in [6.45, 7) is 1.29. The predicted molar refractivity (Wildman–Crippen MR) is 81.8 cm³/mol. The molecule has 1 atom stereocenters. The standard InChI is InChI=1S/C14H16N2O.2ClH/c17-14(13-7-4-8-15-10-13)11-16-9-12-5-2-1-3-6-12;;/h1-8,10,14,16-17H,9,11H2;2*1H/t14-;;/m0../s1. The highest BCUT2D eigenvalue weighted by atomic mass is 35.5. The average molecular weight is 301 g/mol. The van der Waals surface area contributed by atoms with E-state index < -0.39 is 6.10 Å². The zero-order valence-electron chi connectivity index (χ0n) is 10.4. The molecule has 0 aliphatic rings. The van der Waals surface area contributed by atoms with Gasteiger partial charge in [-0.05, 0) is 11.6 Å². The van der Waals surface area contributed by atoms with Gasteiger partial charge in [0.2, 0.25) is 0 Å². The Balaban J connectivity index is 0.00000162. The molecule has 0 fully saturated rings. The Morgan fingerprint density at radius 2 is 1.79 bits per heavy atom. The third kappa shape index (κ3) is 6.03. The number of aliphatic hydroxyl groups is 1. The van der Waals surface area contributed by atoms with Gasteiger partial charge in [0.15, 0.2) is 0 Å². The lowest BCUT2D eigenvalue weighted by Gasteiger charge is -2.11. The molecule has 1 aromatic heterocycles. The van der Waals surface area contributed by atoms with E-state index in [0.29, 0.717) is 6.54 Å². The molecular weight excluding hydrogens is 283 g/mol. The third-order valence-corrected chi connectivity index (χ3v) is 2.58. The molecule has 2 aromatic rings. The summed E-state index contributed by atoms with van der Waals surface area (Å²) in [5.41, 5.74) is 2.05. The fourth-order valence-electron chi connectivity index (χ4n) is 1.64. The molecule has 2 N–H and O–H groups in total. The highest BCUT2D eigenvalue weighted by Gasteiger charge is 2.05. The smallest absolute Gasteiger partial charge is 0.0929 e. The van der Waals surface area contributed by atoms with Gasteiger partial charge >= 0.3 is 0 Å². The number of nitrogens with one attached hydrogen (secondary N) is 1. The molecule has 0 saturated carbocycles. The van der Waals surface area contributed by atoms with Crippen LogP contribution in [0.1, 0.15) is 17.2 Å². The van der Waals surface area contributed by atoms with E-state index in [-0.39, 0.29) is 24.8 Å². The Kier molecular flexibility index (Phi) is 9.17. The average Bonchev–Trinajstić information content (AvgIpc) is 2.41. The van der Waals surface area contributed by atoms with Crippen molar-refractivity contribution in [2.24, 2.45) is 0 Å². The van der Waals surface area contributed by atoms with Gasteiger partial charge in [0, 0.05) is 31.0 Å². The third-order valence-electron chi connectivity index (χ3n) is 2.58. The summed E-state index contributed by atoms with van der Waals surface area (Å²) in [5, 5.41) is 13.1. The number of hydrogen-bond acceptors (Lipinski definition) is 3. The molecule has 19 heavy (non-hydrogen) atoms. The number of nitrogens with zero attached hydrogens (tertiary/aromatic N) is 1. The van der Waals surface area contributed by atoms with Crippen molar-refractivity contribution >= 4 is 24.8 Å². The molecule has 0 unspecified atom stereocenters. The summed E-state index contributed by atoms with van der Waals surface area (Å²) in [6, 6.07) is 13.8. The molecule has 3 nitrogen and oxygen atoms in total. The molecule has 0 radical (unpaired) electrons. The maximum absolute atomic E-state index is 9.90. The predicted octanol–water partition coefficient (Wildman–Crippen LogP) is 2.75. The lowest BCUT2D eigenvalue weighted by molar-refractivity contribution is 0.174. The molecule has 104 valence electrons. The van der Waals surface area contributed by atoms with Crippen molar-refractivity contribution in [2.45, 2.75) is 12.6 Å². The molecule has 0 amide bonds. The molecule has 0 saturated heterocycles. The van der Waals surface area contributed by atoms with Gasteiger partial charge in [-0.1, -0.05) is 36.4 Å². The number of benzene rings is 1. The molecule has 1 aromatic carbocycles. The highest BCUT2D eigenvalue weighted by molar-refractivity contribution is 5.85. The van der Waals surface area contributed by atoms with Gasteiger partial charge in [0.25, 0.3) is 0 Å². The Morgan fingerprint density at radius 1 is 1.05 bits per heavy atom. The van der Waals surface area contributed by atoms with Crippen molar-refractivity contribution in [1.29, 1.82) is 0 Å². The van der Waals surface area contributed by atoms with E-state index in [1.165, 1.54) is 5.56 Å². The maximum atomic E-state index is 9.90. The van der Waals surface area contributed by atoms with Crippen LogP contribution in [-0.2, 0) is 6.54 Å². The normalized spacial score (nSPS) is 11.0. The molecule has 0 spiro atoms. The molecule has 2 rings (SSSR count). The summed E-state index contributed by atoms with van der Waals surface area (Å²) in [6.07, 6.45) is 2.88. The molecular formula is C14H18Cl2N2O. The van der Waals surface area contributed by atoms with Crippen LogP contribution < -0.4 is 5.32 Å². The second kappa shape index (κ2) is 9.75. The first-order chi connectivity index (χ1) is 8.36. The SMILES string of the molecule is Cl.Cl.O[C@@H](CNCc1ccccc1)c1cccnc1. The van der Waals surface area contributed by atoms with E-state index in [2.05, 4.69) is 22.4 Å². The monoisotopic (exact) mass is 300 g/mol. The fraction of sp³-hybridized carbons (Fsp3) is 0.214. The first-order valence-electron chi connectivity index (χ1n) is 5.69. The van der Waals surface area contributed by atoms with Crippen molar-refractivity contribution in [3.63, 3.8) is 0 Å². The maximum Gasteiger partial charge on any atom is 0.0929 e. The van der Waals surface area contributed by atoms with Crippen molar-refractivity contribution in [1.82, 2.24) is 10.3 Å². The van der Waals surface area contributed by atoms with Crippen LogP contribution in [0.5, 0.6) is 0 Å². The minimum Gasteiger partial charge on any atom is -0.387 e. The van der Waals surface area contributed by atoms with Gasteiger partial charge in [-0.15, -0.1) is 24.8 Å². The van der Waals surface area contributed by atoms with Gasteiger partial charge in [0.1, 0.15) is 0 Å². The second-order valence-electron chi connectivity index (χ2n) is 3.92. The minimum absolute atomic E-state index is 0. The molecule has 0 bridgehead atoms. The number of rotatable bonds is 5. The number of halogens is 2. The van der Waals surface area contributed by atoms with E-state index in [1.807, 2.05) is 30.3 Å². The number of aromatic nitrogens is 1. The Labute approximate surface area is 125 Å². The van der Waals surface area contributed by atoms with Gasteiger partial charge in [0.05, 0.1) is 6.10 Å². The van der Waals surface area contributed by atoms with E-state index in [0.717, 1.165) is 12.1 Å². The summed E-state index contributed by atoms with van der Waals surface area (Å²) in [4.78, 5) is 3.98. The summed E-state index contributed by atoms with van der Waals surface area (Å²) < 4.78 is 0. The fourth-order valence-corrected chi connectivity index (χ4v) is 1.64. The largest absolute Gasteiger partial charge is 0.387 e. The van der Waals surface area contributed by atoms with Crippen molar-refractivity contribution < 1.29 is 5.11 Å². The van der Waals surface area contributed by atoms with Gasteiger partial charge < -0.3 is 10.4 Å². The van der Waals surface area contributed by atoms with E-state index in [1.54, 1.807) is 12.4 Å². The van der Waals surface area contributed by atoms with E-state index in [9.17, 15) is 5.11 Å². The van der Waals surface area contributed by atoms with Crippen molar-refractivity contribution in [2.75, 3.05) is 6.54 Å². The van der Waals surface area contributed by atoms with Crippen LogP contribution >= 0.6 is 24.8 Å². The quantitative estimate of drug-likeness (QED) is 0.892. The van der Waals surface area contributed by atoms with Crippen LogP contribution in [0.25, 0.3) is 0 Å². The van der Waals surface area contributed by atoms with Crippen LogP contribution in [0.2, 0.25) is 0 Å². The van der Waals surface area contributed by atoms with Gasteiger partial charge in [-0.2, -0.15) is 0 Å². The minimum atomic E-state index is -0.507. The van der Waals surface area contributed by atoms with Gasteiger partial charge in [-0.25, -0.2) is 0 Å². The van der Waals surface area contributed by atoms with E-state index >= 15 is 0 Å². The van der Waals surface area contributed by atoms with Crippen LogP contribution in [0.4, 0.5) is 0 Å². The van der Waals surface area contributed by atoms with Crippen LogP contribution in [0.3, 0.4) is 0 Å². The number of hydrogen-bond donors (Lipinski definition) is 2. The lowest BCUT2D eigenvalue weighted by Crippen LogP contribution is -2.21. The molecule has 0 aliphatic heterocycles. The molecule has 5 heteroatoms. The first-order valence-corrected chi connectivity index (χ1v) is 5.69. The molecule has 1 heterocycles. The summed E-state index contributed by atoms with van der Waals surface area (Å²) in [5.74, 6) is 0. The zero-order chi connectivity index (χ0) is 11.9. The highest BCUT2D eigenvalue weighted by Crippen LogP contribution is 2.09. The van der Waals surface area contributed by atoms with Crippen LogP contribution in [0, 0.1) is 0 Å². The van der Waals surface area contributed by atoms with Crippen molar-refractivity contribution in [3.05, 3.63) is 66.0 Å². The number of pyridine rings is 1. The van der Waals surface area contributed by atoms with Crippen molar-refractivity contribution in [3.8, 4) is 0 Å². The van der Waals surface area contributed by atoms with Crippen LogP contribution in [0.15, 0.2) is 54.9 Å². The lowest BCUT2D eigenvalue weighted by atomic mass is 10.1. The Bertz CT molecular complexity index is 440. The Hall–Kier alpha value is -1.13. The van der Waals surface area contributed by atoms with E-state index in [4.69, 9.17) is 0 Å². The Morgan fingerprint density at radius 3 is 2.42 bits per heavy atom. The first kappa shape index (κ1) is 17.9. The topological polar surface area (TPSA) is 45.1 Å². The summed E-state index contributed by atoms with van der Waals surface area (Å²) in [7, 11) is 0. The second-order valence-corrected chi connectivity index (χ2v) is 3.92. The van der Waals surface area contributed by atoms with Crippen LogP contribution in [-0.4, -0.2) is 16.6 Å². The molecule has 0 aliphatic carbocycles.